The molecule has 0 radical (unpaired) electrons. The molecular formula is C12H17NO2. The molecule has 1 aliphatic rings. The molecule has 0 amide bonds. The third-order valence-electron chi connectivity index (χ3n) is 2.80. The van der Waals surface area contributed by atoms with Crippen molar-refractivity contribution < 1.29 is 9.47 Å². The maximum absolute atomic E-state index is 5.73. The van der Waals surface area contributed by atoms with E-state index in [0.29, 0.717) is 0 Å². The number of ether oxygens (including phenoxy) is 2. The lowest BCUT2D eigenvalue weighted by molar-refractivity contribution is 0.0431. The summed E-state index contributed by atoms with van der Waals surface area (Å²) in [6.07, 6.45) is 1.10. The van der Waals surface area contributed by atoms with Crippen LogP contribution in [0, 0.1) is 0 Å². The largest absolute Gasteiger partial charge is 0.496 e. The molecule has 0 aromatic heterocycles. The molecule has 2 rings (SSSR count). The first-order valence-electron chi connectivity index (χ1n) is 5.28. The van der Waals surface area contributed by atoms with Gasteiger partial charge < -0.3 is 14.8 Å². The van der Waals surface area contributed by atoms with Crippen molar-refractivity contribution >= 4 is 0 Å². The van der Waals surface area contributed by atoms with Gasteiger partial charge in [-0.1, -0.05) is 12.1 Å². The zero-order valence-electron chi connectivity index (χ0n) is 9.25. The molecule has 1 atom stereocenters. The Balaban J connectivity index is 2.35. The Hall–Kier alpha value is -1.06. The number of benzene rings is 1. The summed E-state index contributed by atoms with van der Waals surface area (Å²) in [4.78, 5) is 0. The van der Waals surface area contributed by atoms with E-state index in [1.807, 2.05) is 19.2 Å². The molecule has 0 saturated heterocycles. The number of nitrogens with one attached hydrogen (secondary N) is 1. The van der Waals surface area contributed by atoms with Crippen LogP contribution in [0.4, 0.5) is 0 Å². The van der Waals surface area contributed by atoms with Gasteiger partial charge in [-0.25, -0.2) is 0 Å². The average Bonchev–Trinajstić information content (AvgIpc) is 2.29. The van der Waals surface area contributed by atoms with Gasteiger partial charge in [0.2, 0.25) is 0 Å². The van der Waals surface area contributed by atoms with Gasteiger partial charge in [-0.2, -0.15) is 0 Å². The van der Waals surface area contributed by atoms with Gasteiger partial charge in [-0.05, 0) is 25.1 Å². The molecule has 1 heterocycles. The number of rotatable bonds is 3. The summed E-state index contributed by atoms with van der Waals surface area (Å²) < 4.78 is 11.1. The Morgan fingerprint density at radius 1 is 1.53 bits per heavy atom. The minimum absolute atomic E-state index is 0.161. The molecule has 82 valence electrons. The monoisotopic (exact) mass is 207 g/mol. The van der Waals surface area contributed by atoms with Crippen molar-refractivity contribution in [2.45, 2.75) is 12.5 Å². The van der Waals surface area contributed by atoms with Crippen LogP contribution in [0.15, 0.2) is 18.2 Å². The second kappa shape index (κ2) is 4.64. The second-order valence-electron chi connectivity index (χ2n) is 3.70. The van der Waals surface area contributed by atoms with E-state index in [1.165, 1.54) is 11.1 Å². The summed E-state index contributed by atoms with van der Waals surface area (Å²) in [7, 11) is 3.66. The van der Waals surface area contributed by atoms with Crippen molar-refractivity contribution in [3.8, 4) is 5.75 Å². The zero-order valence-corrected chi connectivity index (χ0v) is 9.25. The number of hydrogen-bond acceptors (Lipinski definition) is 3. The van der Waals surface area contributed by atoms with E-state index < -0.39 is 0 Å². The second-order valence-corrected chi connectivity index (χ2v) is 3.70. The highest BCUT2D eigenvalue weighted by Crippen LogP contribution is 2.32. The summed E-state index contributed by atoms with van der Waals surface area (Å²) in [6, 6.07) is 6.16. The van der Waals surface area contributed by atoms with E-state index in [0.717, 1.165) is 25.3 Å². The van der Waals surface area contributed by atoms with E-state index in [1.54, 1.807) is 7.11 Å². The molecule has 1 N–H and O–H groups in total. The molecule has 0 bridgehead atoms. The molecule has 3 heteroatoms. The molecule has 0 spiro atoms. The third-order valence-corrected chi connectivity index (χ3v) is 2.80. The quantitative estimate of drug-likeness (QED) is 0.815. The lowest BCUT2D eigenvalue weighted by Gasteiger charge is -2.27. The summed E-state index contributed by atoms with van der Waals surface area (Å²) in [5.74, 6) is 0.983. The maximum Gasteiger partial charge on any atom is 0.122 e. The van der Waals surface area contributed by atoms with E-state index in [9.17, 15) is 0 Å². The topological polar surface area (TPSA) is 30.5 Å². The van der Waals surface area contributed by atoms with Crippen LogP contribution in [0.25, 0.3) is 0 Å². The van der Waals surface area contributed by atoms with Crippen LogP contribution >= 0.6 is 0 Å². The van der Waals surface area contributed by atoms with Crippen molar-refractivity contribution in [1.29, 1.82) is 0 Å². The molecule has 0 fully saturated rings. The number of hydrogen-bond donors (Lipinski definition) is 1. The molecule has 3 nitrogen and oxygen atoms in total. The van der Waals surface area contributed by atoms with Gasteiger partial charge in [0.1, 0.15) is 5.75 Å². The number of methoxy groups -OCH3 is 1. The molecular weight excluding hydrogens is 190 g/mol. The first kappa shape index (κ1) is 10.5. The predicted octanol–water partition coefficient (Wildman–Crippen LogP) is 1.53. The summed E-state index contributed by atoms with van der Waals surface area (Å²) >= 11 is 0. The van der Waals surface area contributed by atoms with Crippen molar-refractivity contribution in [2.75, 3.05) is 27.3 Å². The summed E-state index contributed by atoms with van der Waals surface area (Å²) in [6.45, 7) is 1.62. The lowest BCUT2D eigenvalue weighted by Crippen LogP contribution is -2.25. The van der Waals surface area contributed by atoms with Crippen LogP contribution in [0.3, 0.4) is 0 Å². The van der Waals surface area contributed by atoms with Crippen LogP contribution in [-0.2, 0) is 11.2 Å². The molecule has 1 aliphatic heterocycles. The van der Waals surface area contributed by atoms with Gasteiger partial charge in [-0.15, -0.1) is 0 Å². The van der Waals surface area contributed by atoms with E-state index >= 15 is 0 Å². The van der Waals surface area contributed by atoms with Crippen molar-refractivity contribution in [2.24, 2.45) is 0 Å². The van der Waals surface area contributed by atoms with Crippen LogP contribution in [0.5, 0.6) is 5.75 Å². The van der Waals surface area contributed by atoms with Crippen molar-refractivity contribution in [3.63, 3.8) is 0 Å². The van der Waals surface area contributed by atoms with E-state index in [2.05, 4.69) is 11.4 Å². The minimum Gasteiger partial charge on any atom is -0.496 e. The van der Waals surface area contributed by atoms with Gasteiger partial charge in [-0.3, -0.25) is 0 Å². The minimum atomic E-state index is 0.161. The SMILES string of the molecule is CNCC1OCCc2c(OC)cccc21. The fraction of sp³-hybridized carbons (Fsp3) is 0.500. The number of likely N-dealkylation sites (N-methyl/N-ethyl adjacent to an activating group) is 1. The van der Waals surface area contributed by atoms with Gasteiger partial charge >= 0.3 is 0 Å². The van der Waals surface area contributed by atoms with Gasteiger partial charge in [0.25, 0.3) is 0 Å². The fourth-order valence-electron chi connectivity index (χ4n) is 2.09. The van der Waals surface area contributed by atoms with Gasteiger partial charge in [0.05, 0.1) is 19.8 Å². The summed E-state index contributed by atoms with van der Waals surface area (Å²) in [5, 5.41) is 3.15. The standard InChI is InChI=1S/C12H17NO2/c1-13-8-12-9-4-3-5-11(14-2)10(9)6-7-15-12/h3-5,12-13H,6-8H2,1-2H3. The van der Waals surface area contributed by atoms with E-state index in [-0.39, 0.29) is 6.10 Å². The molecule has 1 aromatic rings. The summed E-state index contributed by atoms with van der Waals surface area (Å²) in [5.41, 5.74) is 2.56. The Morgan fingerprint density at radius 2 is 2.40 bits per heavy atom. The van der Waals surface area contributed by atoms with Gasteiger partial charge in [0.15, 0.2) is 0 Å². The highest BCUT2D eigenvalue weighted by molar-refractivity contribution is 5.42. The highest BCUT2D eigenvalue weighted by Gasteiger charge is 2.22. The van der Waals surface area contributed by atoms with Crippen LogP contribution in [0.1, 0.15) is 17.2 Å². The van der Waals surface area contributed by atoms with Crippen molar-refractivity contribution in [1.82, 2.24) is 5.32 Å². The zero-order chi connectivity index (χ0) is 10.7. The van der Waals surface area contributed by atoms with E-state index in [4.69, 9.17) is 9.47 Å². The Bertz CT molecular complexity index is 338. The first-order valence-corrected chi connectivity index (χ1v) is 5.28. The normalized spacial score (nSPS) is 19.7. The lowest BCUT2D eigenvalue weighted by atomic mass is 9.96. The fourth-order valence-corrected chi connectivity index (χ4v) is 2.09. The number of fused-ring (bicyclic) bond motifs is 1. The maximum atomic E-state index is 5.73. The van der Waals surface area contributed by atoms with Gasteiger partial charge in [0, 0.05) is 12.1 Å². The molecule has 0 aliphatic carbocycles. The highest BCUT2D eigenvalue weighted by atomic mass is 16.5. The smallest absolute Gasteiger partial charge is 0.122 e. The molecule has 0 saturated carbocycles. The van der Waals surface area contributed by atoms with Crippen LogP contribution < -0.4 is 10.1 Å². The van der Waals surface area contributed by atoms with Crippen LogP contribution in [0.2, 0.25) is 0 Å². The third kappa shape index (κ3) is 1.98. The average molecular weight is 207 g/mol. The predicted molar refractivity (Wildman–Crippen MR) is 59.3 cm³/mol. The Labute approximate surface area is 90.4 Å². The first-order chi connectivity index (χ1) is 7.36. The molecule has 15 heavy (non-hydrogen) atoms. The molecule has 1 aromatic carbocycles. The van der Waals surface area contributed by atoms with Crippen molar-refractivity contribution in [3.05, 3.63) is 29.3 Å². The molecule has 1 unspecified atom stereocenters. The Kier molecular flexibility index (Phi) is 3.23. The van der Waals surface area contributed by atoms with Crippen LogP contribution in [-0.4, -0.2) is 27.3 Å². The Morgan fingerprint density at radius 3 is 3.13 bits per heavy atom.